The normalized spacial score (nSPS) is 38.4. The van der Waals surface area contributed by atoms with E-state index in [0.29, 0.717) is 0 Å². The van der Waals surface area contributed by atoms with Crippen molar-refractivity contribution in [2.24, 2.45) is 23.7 Å². The van der Waals surface area contributed by atoms with E-state index >= 15 is 0 Å². The van der Waals surface area contributed by atoms with Gasteiger partial charge in [-0.2, -0.15) is 5.10 Å². The summed E-state index contributed by atoms with van der Waals surface area (Å²) in [7, 11) is 0. The van der Waals surface area contributed by atoms with Crippen LogP contribution in [-0.2, 0) is 4.79 Å². The van der Waals surface area contributed by atoms with E-state index in [2.05, 4.69) is 20.4 Å². The topological polar surface area (TPSA) is 58.1 Å². The number of amides is 1. The number of aromatic nitrogens is 2. The summed E-state index contributed by atoms with van der Waals surface area (Å²) < 4.78 is 0. The standard InChI is InChI=1S/C21H30N4O/c1-14-4-5-19(24-23-14)25-6-2-3-18(13-25)20(26)22-21-10-15-7-16(11-21)9-17(8-15)12-21/h4-5,15-18H,2-3,6-13H2,1H3,(H,22,26). The van der Waals surface area contributed by atoms with Crippen molar-refractivity contribution in [3.8, 4) is 0 Å². The lowest BCUT2D eigenvalue weighted by atomic mass is 9.53. The van der Waals surface area contributed by atoms with Crippen LogP contribution in [0.15, 0.2) is 12.1 Å². The van der Waals surface area contributed by atoms with Gasteiger partial charge in [-0.05, 0) is 88.2 Å². The highest BCUT2D eigenvalue weighted by Crippen LogP contribution is 2.55. The van der Waals surface area contributed by atoms with Gasteiger partial charge in [0, 0.05) is 18.6 Å². The number of nitrogens with one attached hydrogen (secondary N) is 1. The molecule has 0 aromatic carbocycles. The molecule has 0 radical (unpaired) electrons. The zero-order valence-electron chi connectivity index (χ0n) is 15.8. The minimum absolute atomic E-state index is 0.0832. The first-order chi connectivity index (χ1) is 12.6. The van der Waals surface area contributed by atoms with Gasteiger partial charge in [-0.25, -0.2) is 0 Å². The number of hydrogen-bond acceptors (Lipinski definition) is 4. The molecule has 4 bridgehead atoms. The first kappa shape index (κ1) is 16.5. The average Bonchev–Trinajstić information content (AvgIpc) is 2.61. The van der Waals surface area contributed by atoms with Crippen LogP contribution in [0.3, 0.4) is 0 Å². The van der Waals surface area contributed by atoms with E-state index in [1.807, 2.05) is 19.1 Å². The second kappa shape index (κ2) is 6.21. The predicted molar refractivity (Wildman–Crippen MR) is 101 cm³/mol. The number of nitrogens with zero attached hydrogens (tertiary/aromatic N) is 3. The molecular weight excluding hydrogens is 324 g/mol. The fraction of sp³-hybridized carbons (Fsp3) is 0.762. The third kappa shape index (κ3) is 2.99. The summed E-state index contributed by atoms with van der Waals surface area (Å²) in [4.78, 5) is 15.4. The number of piperidine rings is 1. The summed E-state index contributed by atoms with van der Waals surface area (Å²) in [6, 6.07) is 4.03. The predicted octanol–water partition coefficient (Wildman–Crippen LogP) is 3.09. The van der Waals surface area contributed by atoms with Crippen molar-refractivity contribution < 1.29 is 4.79 Å². The third-order valence-corrected chi connectivity index (χ3v) is 7.33. The first-order valence-electron chi connectivity index (χ1n) is 10.5. The molecule has 1 N–H and O–H groups in total. The fourth-order valence-electron chi connectivity index (χ4n) is 6.59. The largest absolute Gasteiger partial charge is 0.354 e. The summed E-state index contributed by atoms with van der Waals surface area (Å²) >= 11 is 0. The van der Waals surface area contributed by atoms with E-state index in [1.54, 1.807) is 0 Å². The molecule has 4 aliphatic carbocycles. The SMILES string of the molecule is Cc1ccc(N2CCCC(C(=O)NC34CC5CC(CC(C5)C3)C4)C2)nn1. The minimum atomic E-state index is 0.0832. The molecule has 1 amide bonds. The van der Waals surface area contributed by atoms with Crippen LogP contribution in [0.25, 0.3) is 0 Å². The van der Waals surface area contributed by atoms with E-state index in [4.69, 9.17) is 0 Å². The van der Waals surface area contributed by atoms with Crippen LogP contribution < -0.4 is 10.2 Å². The van der Waals surface area contributed by atoms with Gasteiger partial charge < -0.3 is 10.2 Å². The maximum absolute atomic E-state index is 13.1. The van der Waals surface area contributed by atoms with Gasteiger partial charge in [0.15, 0.2) is 5.82 Å². The molecule has 1 aromatic heterocycles. The molecule has 5 fully saturated rings. The highest BCUT2D eigenvalue weighted by Gasteiger charge is 2.51. The second-order valence-corrected chi connectivity index (χ2v) is 9.51. The van der Waals surface area contributed by atoms with E-state index in [0.717, 1.165) is 55.2 Å². The molecule has 1 aliphatic heterocycles. The van der Waals surface area contributed by atoms with Crippen LogP contribution in [0.1, 0.15) is 57.1 Å². The smallest absolute Gasteiger partial charge is 0.225 e. The van der Waals surface area contributed by atoms with Crippen molar-refractivity contribution in [3.05, 3.63) is 17.8 Å². The lowest BCUT2D eigenvalue weighted by Crippen LogP contribution is -2.61. The Labute approximate surface area is 155 Å². The number of carbonyl (C=O) groups is 1. The number of rotatable bonds is 3. The summed E-state index contributed by atoms with van der Waals surface area (Å²) in [6.07, 6.45) is 9.97. The Bertz CT molecular complexity index is 650. The number of hydrogen-bond donors (Lipinski definition) is 1. The Balaban J connectivity index is 1.26. The quantitative estimate of drug-likeness (QED) is 0.906. The zero-order valence-corrected chi connectivity index (χ0v) is 15.8. The Kier molecular flexibility index (Phi) is 3.94. The van der Waals surface area contributed by atoms with E-state index in [1.165, 1.54) is 38.5 Å². The third-order valence-electron chi connectivity index (χ3n) is 7.33. The van der Waals surface area contributed by atoms with Crippen LogP contribution in [0.4, 0.5) is 5.82 Å². The molecule has 140 valence electrons. The monoisotopic (exact) mass is 354 g/mol. The van der Waals surface area contributed by atoms with Gasteiger partial charge >= 0.3 is 0 Å². The molecule has 5 nitrogen and oxygen atoms in total. The molecule has 1 unspecified atom stereocenters. The van der Waals surface area contributed by atoms with Gasteiger partial charge in [0.25, 0.3) is 0 Å². The molecule has 26 heavy (non-hydrogen) atoms. The van der Waals surface area contributed by atoms with Crippen LogP contribution >= 0.6 is 0 Å². The van der Waals surface area contributed by atoms with Crippen molar-refractivity contribution in [1.29, 1.82) is 0 Å². The van der Waals surface area contributed by atoms with Crippen molar-refractivity contribution in [2.45, 2.75) is 63.8 Å². The number of aryl methyl sites for hydroxylation is 1. The molecule has 4 saturated carbocycles. The molecule has 0 spiro atoms. The zero-order chi connectivity index (χ0) is 17.7. The van der Waals surface area contributed by atoms with Crippen molar-refractivity contribution in [1.82, 2.24) is 15.5 Å². The van der Waals surface area contributed by atoms with E-state index in [-0.39, 0.29) is 17.4 Å². The summed E-state index contributed by atoms with van der Waals surface area (Å²) in [5.41, 5.74) is 1.06. The minimum Gasteiger partial charge on any atom is -0.354 e. The van der Waals surface area contributed by atoms with Crippen molar-refractivity contribution in [2.75, 3.05) is 18.0 Å². The molecule has 1 atom stereocenters. The van der Waals surface area contributed by atoms with E-state index < -0.39 is 0 Å². The molecule has 5 aliphatic rings. The maximum Gasteiger partial charge on any atom is 0.225 e. The van der Waals surface area contributed by atoms with Gasteiger partial charge in [0.2, 0.25) is 5.91 Å². The van der Waals surface area contributed by atoms with Crippen LogP contribution in [0.5, 0.6) is 0 Å². The number of anilines is 1. The Morgan fingerprint density at radius 2 is 1.81 bits per heavy atom. The highest BCUT2D eigenvalue weighted by atomic mass is 16.2. The molecule has 2 heterocycles. The fourth-order valence-corrected chi connectivity index (χ4v) is 6.59. The maximum atomic E-state index is 13.1. The van der Waals surface area contributed by atoms with Crippen molar-refractivity contribution >= 4 is 11.7 Å². The van der Waals surface area contributed by atoms with Gasteiger partial charge in [0.05, 0.1) is 11.6 Å². The summed E-state index contributed by atoms with van der Waals surface area (Å²) in [5.74, 6) is 3.88. The number of carbonyl (C=O) groups excluding carboxylic acids is 1. The molecule has 1 aromatic rings. The summed E-state index contributed by atoms with van der Waals surface area (Å²) in [6.45, 7) is 3.70. The van der Waals surface area contributed by atoms with Crippen LogP contribution in [0.2, 0.25) is 0 Å². The molecule has 6 rings (SSSR count). The molecule has 5 heteroatoms. The Hall–Kier alpha value is -1.65. The first-order valence-corrected chi connectivity index (χ1v) is 10.5. The van der Waals surface area contributed by atoms with Gasteiger partial charge in [-0.3, -0.25) is 4.79 Å². The lowest BCUT2D eigenvalue weighted by Gasteiger charge is -2.57. The van der Waals surface area contributed by atoms with E-state index in [9.17, 15) is 4.79 Å². The lowest BCUT2D eigenvalue weighted by molar-refractivity contribution is -0.131. The molecule has 1 saturated heterocycles. The Morgan fingerprint density at radius 1 is 1.12 bits per heavy atom. The van der Waals surface area contributed by atoms with Gasteiger partial charge in [-0.1, -0.05) is 0 Å². The summed E-state index contributed by atoms with van der Waals surface area (Å²) in [5, 5.41) is 12.1. The van der Waals surface area contributed by atoms with Crippen LogP contribution in [0, 0.1) is 30.6 Å². The van der Waals surface area contributed by atoms with Gasteiger partial charge in [0.1, 0.15) is 0 Å². The highest BCUT2D eigenvalue weighted by molar-refractivity contribution is 5.80. The second-order valence-electron chi connectivity index (χ2n) is 9.51. The molecular formula is C21H30N4O. The van der Waals surface area contributed by atoms with Gasteiger partial charge in [-0.15, -0.1) is 5.10 Å². The van der Waals surface area contributed by atoms with Crippen molar-refractivity contribution in [3.63, 3.8) is 0 Å². The van der Waals surface area contributed by atoms with Crippen LogP contribution in [-0.4, -0.2) is 34.7 Å². The Morgan fingerprint density at radius 3 is 2.42 bits per heavy atom. The average molecular weight is 354 g/mol.